The normalized spacial score (nSPS) is 11.2. The number of methoxy groups -OCH3 is 1. The molecule has 0 unspecified atom stereocenters. The number of pyridine rings is 1. The van der Waals surface area contributed by atoms with Crippen LogP contribution >= 0.6 is 35.0 Å². The lowest BCUT2D eigenvalue weighted by molar-refractivity contribution is 0.414. The van der Waals surface area contributed by atoms with Crippen LogP contribution in [0.3, 0.4) is 0 Å². The van der Waals surface area contributed by atoms with E-state index in [0.717, 1.165) is 32.6 Å². The third-order valence-corrected chi connectivity index (χ3v) is 7.32. The molecule has 6 nitrogen and oxygen atoms in total. The monoisotopic (exact) mass is 542 g/mol. The summed E-state index contributed by atoms with van der Waals surface area (Å²) in [6.07, 6.45) is 3.53. The quantitative estimate of drug-likeness (QED) is 0.233. The van der Waals surface area contributed by atoms with E-state index in [1.165, 1.54) is 11.8 Å². The summed E-state index contributed by atoms with van der Waals surface area (Å²) in [4.78, 5) is 20.9. The molecule has 0 saturated carbocycles. The van der Waals surface area contributed by atoms with Crippen LogP contribution in [0.2, 0.25) is 10.0 Å². The van der Waals surface area contributed by atoms with E-state index in [1.807, 2.05) is 78.6 Å². The maximum atomic E-state index is 13.8. The molecule has 0 atom stereocenters. The Morgan fingerprint density at radius 3 is 2.25 bits per heavy atom. The first-order valence-corrected chi connectivity index (χ1v) is 13.1. The maximum Gasteiger partial charge on any atom is 0.329 e. The first-order chi connectivity index (χ1) is 17.3. The molecule has 2 aromatic carbocycles. The summed E-state index contributed by atoms with van der Waals surface area (Å²) in [5, 5.41) is 1.97. The van der Waals surface area contributed by atoms with Crippen LogP contribution < -0.4 is 15.3 Å². The Morgan fingerprint density at radius 2 is 1.67 bits per heavy atom. The number of hydrogen-bond acceptors (Lipinski definition) is 5. The molecule has 0 aliphatic carbocycles. The van der Waals surface area contributed by atoms with Crippen LogP contribution in [0.1, 0.15) is 31.1 Å². The van der Waals surface area contributed by atoms with Crippen LogP contribution in [-0.4, -0.2) is 28.3 Å². The van der Waals surface area contributed by atoms with Gasteiger partial charge in [0.15, 0.2) is 0 Å². The molecule has 0 aliphatic heterocycles. The molecule has 0 fully saturated rings. The Labute approximate surface area is 225 Å². The molecule has 0 bridgehead atoms. The predicted molar refractivity (Wildman–Crippen MR) is 148 cm³/mol. The molecule has 0 N–H and O–H groups in total. The number of benzene rings is 2. The number of anilines is 1. The number of halogens is 2. The first-order valence-electron chi connectivity index (χ1n) is 11.5. The van der Waals surface area contributed by atoms with Crippen LogP contribution in [-0.2, 0) is 13.1 Å². The van der Waals surface area contributed by atoms with Crippen molar-refractivity contribution in [3.05, 3.63) is 98.8 Å². The molecular weight excluding hydrogens is 515 g/mol. The first kappa shape index (κ1) is 26.2. The minimum atomic E-state index is -0.0606. The van der Waals surface area contributed by atoms with E-state index < -0.39 is 0 Å². The topological polar surface area (TPSA) is 52.3 Å². The average molecular weight is 544 g/mol. The van der Waals surface area contributed by atoms with Crippen molar-refractivity contribution in [2.45, 2.75) is 42.9 Å². The fourth-order valence-corrected chi connectivity index (χ4v) is 5.92. The summed E-state index contributed by atoms with van der Waals surface area (Å²) < 4.78 is 9.00. The van der Waals surface area contributed by atoms with Gasteiger partial charge in [-0.05, 0) is 61.9 Å². The lowest BCUT2D eigenvalue weighted by atomic mass is 10.2. The molecule has 188 valence electrons. The highest BCUT2D eigenvalue weighted by Crippen LogP contribution is 2.36. The number of imidazole rings is 1. The van der Waals surface area contributed by atoms with Gasteiger partial charge in [0.05, 0.1) is 25.9 Å². The standard InChI is InChI=1S/C27H28Cl2N4O2S/c1-18(2)33-26(36-24-14-20(28)13-21(29)15-24)25(17-31(3)22-9-11-30-12-10-22)32(27(33)34)16-19-5-7-23(35-4)8-6-19/h5-15,18H,16-17H2,1-4H3. The van der Waals surface area contributed by atoms with Crippen LogP contribution in [0.25, 0.3) is 0 Å². The van der Waals surface area contributed by atoms with Crippen LogP contribution in [0.15, 0.2) is 81.7 Å². The lowest BCUT2D eigenvalue weighted by Crippen LogP contribution is -2.28. The van der Waals surface area contributed by atoms with Crippen molar-refractivity contribution in [3.8, 4) is 5.75 Å². The largest absolute Gasteiger partial charge is 0.497 e. The third kappa shape index (κ3) is 5.91. The Morgan fingerprint density at radius 1 is 1.03 bits per heavy atom. The van der Waals surface area contributed by atoms with Gasteiger partial charge in [0.1, 0.15) is 10.8 Å². The molecule has 4 rings (SSSR count). The number of hydrogen-bond donors (Lipinski definition) is 0. The Balaban J connectivity index is 1.84. The second kappa shape index (κ2) is 11.5. The van der Waals surface area contributed by atoms with E-state index in [0.29, 0.717) is 23.1 Å². The van der Waals surface area contributed by atoms with Gasteiger partial charge < -0.3 is 9.64 Å². The highest BCUT2D eigenvalue weighted by Gasteiger charge is 2.24. The number of nitrogens with zero attached hydrogens (tertiary/aromatic N) is 4. The van der Waals surface area contributed by atoms with Gasteiger partial charge in [-0.2, -0.15) is 0 Å². The molecule has 36 heavy (non-hydrogen) atoms. The summed E-state index contributed by atoms with van der Waals surface area (Å²) in [6, 6.07) is 17.1. The fourth-order valence-electron chi connectivity index (χ4n) is 3.99. The molecule has 0 aliphatic rings. The van der Waals surface area contributed by atoms with E-state index >= 15 is 0 Å². The molecule has 0 spiro atoms. The van der Waals surface area contributed by atoms with Crippen molar-refractivity contribution in [3.63, 3.8) is 0 Å². The maximum absolute atomic E-state index is 13.8. The second-order valence-electron chi connectivity index (χ2n) is 8.70. The molecule has 0 amide bonds. The van der Waals surface area contributed by atoms with Gasteiger partial charge in [-0.15, -0.1) is 0 Å². The van der Waals surface area contributed by atoms with E-state index in [2.05, 4.69) is 9.88 Å². The highest BCUT2D eigenvalue weighted by atomic mass is 35.5. The van der Waals surface area contributed by atoms with Crippen LogP contribution in [0.4, 0.5) is 5.69 Å². The van der Waals surface area contributed by atoms with Gasteiger partial charge in [-0.25, -0.2) is 4.79 Å². The molecule has 2 aromatic heterocycles. The van der Waals surface area contributed by atoms with Gasteiger partial charge in [0.2, 0.25) is 0 Å². The molecule has 9 heteroatoms. The van der Waals surface area contributed by atoms with E-state index in [1.54, 1.807) is 25.6 Å². The highest BCUT2D eigenvalue weighted by molar-refractivity contribution is 7.99. The van der Waals surface area contributed by atoms with Crippen molar-refractivity contribution >= 4 is 40.7 Å². The van der Waals surface area contributed by atoms with Gasteiger partial charge in [-0.1, -0.05) is 47.1 Å². The number of aromatic nitrogens is 3. The van der Waals surface area contributed by atoms with Crippen molar-refractivity contribution in [1.82, 2.24) is 14.1 Å². The SMILES string of the molecule is COc1ccc(Cn2c(CN(C)c3ccncc3)c(Sc3cc(Cl)cc(Cl)c3)n(C(C)C)c2=O)cc1. The second-order valence-corrected chi connectivity index (χ2v) is 10.6. The summed E-state index contributed by atoms with van der Waals surface area (Å²) in [5.74, 6) is 0.776. The molecule has 2 heterocycles. The van der Waals surface area contributed by atoms with Gasteiger partial charge in [-0.3, -0.25) is 14.1 Å². The predicted octanol–water partition coefficient (Wildman–Crippen LogP) is 6.78. The summed E-state index contributed by atoms with van der Waals surface area (Å²) >= 11 is 14.1. The number of rotatable bonds is 9. The van der Waals surface area contributed by atoms with Crippen LogP contribution in [0, 0.1) is 0 Å². The van der Waals surface area contributed by atoms with E-state index in [4.69, 9.17) is 27.9 Å². The van der Waals surface area contributed by atoms with Gasteiger partial charge in [0, 0.05) is 46.1 Å². The zero-order valence-corrected chi connectivity index (χ0v) is 22.9. The lowest BCUT2D eigenvalue weighted by Gasteiger charge is -2.21. The fraction of sp³-hybridized carbons (Fsp3) is 0.259. The Kier molecular flexibility index (Phi) is 8.34. The van der Waals surface area contributed by atoms with Gasteiger partial charge in [0.25, 0.3) is 0 Å². The third-order valence-electron chi connectivity index (χ3n) is 5.79. The zero-order valence-electron chi connectivity index (χ0n) is 20.6. The minimum absolute atomic E-state index is 0.0447. The van der Waals surface area contributed by atoms with E-state index in [9.17, 15) is 4.79 Å². The zero-order chi connectivity index (χ0) is 25.8. The summed E-state index contributed by atoms with van der Waals surface area (Å²) in [5.41, 5.74) is 2.86. The Bertz CT molecular complexity index is 1370. The van der Waals surface area contributed by atoms with Crippen molar-refractivity contribution in [1.29, 1.82) is 0 Å². The minimum Gasteiger partial charge on any atom is -0.497 e. The Hall–Kier alpha value is -2.87. The smallest absolute Gasteiger partial charge is 0.329 e. The average Bonchev–Trinajstić information content (AvgIpc) is 3.09. The van der Waals surface area contributed by atoms with Crippen LogP contribution in [0.5, 0.6) is 5.75 Å². The molecule has 0 radical (unpaired) electrons. The van der Waals surface area contributed by atoms with E-state index in [-0.39, 0.29) is 11.7 Å². The van der Waals surface area contributed by atoms with Crippen molar-refractivity contribution in [2.75, 3.05) is 19.1 Å². The molecule has 4 aromatic rings. The summed E-state index contributed by atoms with van der Waals surface area (Å²) in [6.45, 7) is 4.99. The molecular formula is C27H28Cl2N4O2S. The van der Waals surface area contributed by atoms with Gasteiger partial charge >= 0.3 is 5.69 Å². The van der Waals surface area contributed by atoms with Crippen molar-refractivity contribution < 1.29 is 4.74 Å². The molecule has 0 saturated heterocycles. The number of ether oxygens (including phenoxy) is 1. The summed E-state index contributed by atoms with van der Waals surface area (Å²) in [7, 11) is 3.65. The van der Waals surface area contributed by atoms with Crippen molar-refractivity contribution in [2.24, 2.45) is 0 Å².